The van der Waals surface area contributed by atoms with E-state index in [9.17, 15) is 46.1 Å². The van der Waals surface area contributed by atoms with Crippen molar-refractivity contribution >= 4 is 23.8 Å². The molecular weight excluding hydrogens is 508 g/mol. The Hall–Kier alpha value is -3.80. The van der Waals surface area contributed by atoms with Gasteiger partial charge < -0.3 is 20.7 Å². The number of amides is 1. The third kappa shape index (κ3) is 3.55. The van der Waals surface area contributed by atoms with Crippen molar-refractivity contribution in [3.05, 3.63) is 34.9 Å². The highest BCUT2D eigenvalue weighted by atomic mass is 19.4. The van der Waals surface area contributed by atoms with Crippen LogP contribution >= 0.6 is 0 Å². The Bertz CT molecular complexity index is 1210. The number of primary amides is 1. The first-order valence-corrected chi connectivity index (χ1v) is 9.98. The van der Waals surface area contributed by atoms with E-state index < -0.39 is 77.1 Å². The van der Waals surface area contributed by atoms with Crippen LogP contribution in [0.3, 0.4) is 0 Å². The van der Waals surface area contributed by atoms with Crippen LogP contribution in [-0.4, -0.2) is 74.8 Å². The van der Waals surface area contributed by atoms with Gasteiger partial charge in [-0.1, -0.05) is 0 Å². The SMILES string of the molecule is NC(=O)[C@@H]1NC(N)=[N+]2C[C@H](OC(=O)c3cc(C(F)(F)F)ccc3C(F)(F)F)C(O)(O)C23NC(N)=[NH+][C@@H]13. The normalized spacial score (nSPS) is 29.0. The summed E-state index contributed by atoms with van der Waals surface area (Å²) in [6.07, 6.45) is -12.4. The maximum absolute atomic E-state index is 13.4. The predicted molar refractivity (Wildman–Crippen MR) is 103 cm³/mol. The molecule has 0 bridgehead atoms. The molecule has 0 aromatic heterocycles. The highest BCUT2D eigenvalue weighted by Crippen LogP contribution is 2.41. The van der Waals surface area contributed by atoms with Crippen molar-refractivity contribution in [2.75, 3.05) is 6.54 Å². The summed E-state index contributed by atoms with van der Waals surface area (Å²) in [5.41, 5.74) is 9.89. The molecule has 18 heteroatoms. The van der Waals surface area contributed by atoms with Gasteiger partial charge in [0.1, 0.15) is 6.54 Å². The van der Waals surface area contributed by atoms with Crippen molar-refractivity contribution in [1.82, 2.24) is 10.6 Å². The van der Waals surface area contributed by atoms with Crippen LogP contribution in [0.4, 0.5) is 26.3 Å². The van der Waals surface area contributed by atoms with E-state index in [2.05, 4.69) is 15.6 Å². The van der Waals surface area contributed by atoms with Gasteiger partial charge in [-0.05, 0) is 18.2 Å². The number of alkyl halides is 6. The van der Waals surface area contributed by atoms with E-state index in [1.54, 1.807) is 0 Å². The summed E-state index contributed by atoms with van der Waals surface area (Å²) in [4.78, 5) is 27.2. The van der Waals surface area contributed by atoms with Crippen LogP contribution in [0.2, 0.25) is 0 Å². The molecule has 4 atom stereocenters. The molecular formula is C18H19F6N7O5+2. The molecule has 11 N–H and O–H groups in total. The standard InChI is InChI=1S/C18H17F6N7O5/c19-17(20,21)5-1-2-7(18(22,23)24)6(3-5)12(33)36-8-4-31-14(27)28-9(11(25)32)10-15(31,16(8,34)35)30-13(26)29-10/h1-3,8-10,34-35H,4H2,(H7,25,26,27,28,29,30,32)/p+2/t8-,9+,10-,15?/m0/s1. The van der Waals surface area contributed by atoms with E-state index in [0.717, 1.165) is 4.58 Å². The van der Waals surface area contributed by atoms with Crippen LogP contribution in [0.25, 0.3) is 0 Å². The molecule has 0 radical (unpaired) electrons. The van der Waals surface area contributed by atoms with Crippen LogP contribution in [0, 0.1) is 0 Å². The number of nitrogens with zero attached hydrogens (tertiary/aromatic N) is 1. The van der Waals surface area contributed by atoms with Gasteiger partial charge in [0, 0.05) is 0 Å². The first-order valence-electron chi connectivity index (χ1n) is 9.98. The maximum atomic E-state index is 13.4. The topological polar surface area (TPSA) is 203 Å². The molecule has 0 aliphatic carbocycles. The molecule has 1 amide bonds. The number of hydrogen-bond donors (Lipinski definition) is 8. The molecule has 36 heavy (non-hydrogen) atoms. The molecule has 1 aromatic carbocycles. The van der Waals surface area contributed by atoms with Crippen LogP contribution in [0.5, 0.6) is 0 Å². The zero-order chi connectivity index (χ0) is 27.0. The number of hydrogen-bond acceptors (Lipinski definition) is 9. The fraction of sp³-hybridized carbons (Fsp3) is 0.444. The van der Waals surface area contributed by atoms with Gasteiger partial charge in [-0.2, -0.15) is 26.3 Å². The lowest BCUT2D eigenvalue weighted by Crippen LogP contribution is -2.92. The molecule has 3 heterocycles. The summed E-state index contributed by atoms with van der Waals surface area (Å²) in [5, 5.41) is 27.1. The average molecular weight is 527 g/mol. The number of halogens is 6. The smallest absolute Gasteiger partial charge is 0.417 e. The Labute approximate surface area is 196 Å². The Morgan fingerprint density at radius 2 is 1.78 bits per heavy atom. The van der Waals surface area contributed by atoms with Crippen molar-refractivity contribution in [2.45, 2.75) is 42.0 Å². The first kappa shape index (κ1) is 25.3. The molecule has 12 nitrogen and oxygen atoms in total. The number of benzene rings is 1. The highest BCUT2D eigenvalue weighted by molar-refractivity contribution is 5.92. The number of carbonyl (C=O) groups excluding carboxylic acids is 2. The number of nitrogens with one attached hydrogen (secondary N) is 3. The van der Waals surface area contributed by atoms with Gasteiger partial charge in [0.2, 0.25) is 0 Å². The van der Waals surface area contributed by atoms with Crippen molar-refractivity contribution in [3.8, 4) is 0 Å². The van der Waals surface area contributed by atoms with Gasteiger partial charge in [0.05, 0.1) is 16.7 Å². The largest absolute Gasteiger partial charge is 0.449 e. The minimum atomic E-state index is -5.25. The van der Waals surface area contributed by atoms with E-state index in [-0.39, 0.29) is 30.1 Å². The fourth-order valence-electron chi connectivity index (χ4n) is 4.65. The minimum Gasteiger partial charge on any atom is -0.449 e. The number of ether oxygens (including phenoxy) is 1. The number of aliphatic hydroxyl groups is 2. The van der Waals surface area contributed by atoms with E-state index in [1.165, 1.54) is 0 Å². The van der Waals surface area contributed by atoms with Crippen LogP contribution < -0.4 is 32.8 Å². The molecule has 1 aromatic rings. The Morgan fingerprint density at radius 3 is 2.33 bits per heavy atom. The second-order valence-corrected chi connectivity index (χ2v) is 8.32. The third-order valence-corrected chi connectivity index (χ3v) is 6.23. The molecule has 3 aliphatic heterocycles. The minimum absolute atomic E-state index is 0.0580. The molecule has 196 valence electrons. The van der Waals surface area contributed by atoms with Crippen molar-refractivity contribution in [2.24, 2.45) is 17.2 Å². The van der Waals surface area contributed by atoms with Crippen LogP contribution in [0.15, 0.2) is 18.2 Å². The average Bonchev–Trinajstić information content (AvgIpc) is 3.20. The van der Waals surface area contributed by atoms with Gasteiger partial charge in [0.25, 0.3) is 11.7 Å². The number of esters is 1. The first-order chi connectivity index (χ1) is 16.4. The zero-order valence-electron chi connectivity index (χ0n) is 17.7. The quantitative estimate of drug-likeness (QED) is 0.0830. The zero-order valence-corrected chi connectivity index (χ0v) is 17.7. The van der Waals surface area contributed by atoms with Gasteiger partial charge in [-0.15, -0.1) is 0 Å². The lowest BCUT2D eigenvalue weighted by atomic mass is 9.85. The molecule has 4 rings (SSSR count). The lowest BCUT2D eigenvalue weighted by Gasteiger charge is -2.39. The number of rotatable bonds is 3. The summed E-state index contributed by atoms with van der Waals surface area (Å²) >= 11 is 0. The monoisotopic (exact) mass is 527 g/mol. The summed E-state index contributed by atoms with van der Waals surface area (Å²) < 4.78 is 85.5. The molecule has 1 saturated heterocycles. The summed E-state index contributed by atoms with van der Waals surface area (Å²) in [5.74, 6) is -6.83. The molecule has 0 saturated carbocycles. The Balaban J connectivity index is 1.76. The van der Waals surface area contributed by atoms with Crippen molar-refractivity contribution in [3.63, 3.8) is 0 Å². The van der Waals surface area contributed by atoms with E-state index in [4.69, 9.17) is 21.9 Å². The second-order valence-electron chi connectivity index (χ2n) is 8.32. The van der Waals surface area contributed by atoms with Crippen LogP contribution in [-0.2, 0) is 21.9 Å². The van der Waals surface area contributed by atoms with Gasteiger partial charge in [0.15, 0.2) is 18.2 Å². The van der Waals surface area contributed by atoms with Gasteiger partial charge in [-0.3, -0.25) is 26.6 Å². The molecule has 1 fully saturated rings. The fourth-order valence-corrected chi connectivity index (χ4v) is 4.65. The predicted octanol–water partition coefficient (Wildman–Crippen LogP) is -4.21. The van der Waals surface area contributed by atoms with Crippen molar-refractivity contribution in [1.29, 1.82) is 0 Å². The third-order valence-electron chi connectivity index (χ3n) is 6.23. The number of carbonyl (C=O) groups is 2. The van der Waals surface area contributed by atoms with Gasteiger partial charge >= 0.3 is 35.9 Å². The maximum Gasteiger partial charge on any atom is 0.417 e. The molecule has 3 aliphatic rings. The van der Waals surface area contributed by atoms with Gasteiger partial charge in [-0.25, -0.2) is 14.7 Å². The molecule has 1 unspecified atom stereocenters. The number of guanidine groups is 2. The summed E-state index contributed by atoms with van der Waals surface area (Å²) in [7, 11) is 0. The van der Waals surface area contributed by atoms with E-state index in [1.807, 2.05) is 0 Å². The number of nitrogens with two attached hydrogens (primary N) is 3. The Morgan fingerprint density at radius 1 is 1.14 bits per heavy atom. The van der Waals surface area contributed by atoms with E-state index in [0.29, 0.717) is 0 Å². The summed E-state index contributed by atoms with van der Waals surface area (Å²) in [6, 6.07) is -2.62. The van der Waals surface area contributed by atoms with Crippen LogP contribution in [0.1, 0.15) is 21.5 Å². The summed E-state index contributed by atoms with van der Waals surface area (Å²) in [6.45, 7) is -0.693. The highest BCUT2D eigenvalue weighted by Gasteiger charge is 2.79. The Kier molecular flexibility index (Phi) is 5.34. The lowest BCUT2D eigenvalue weighted by molar-refractivity contribution is -0.672. The van der Waals surface area contributed by atoms with E-state index >= 15 is 0 Å². The second kappa shape index (κ2) is 7.60. The molecule has 1 spiro atoms. The van der Waals surface area contributed by atoms with Crippen molar-refractivity contribution < 1.29 is 60.4 Å².